The van der Waals surface area contributed by atoms with Gasteiger partial charge in [0, 0.05) is 17.3 Å². The third-order valence-electron chi connectivity index (χ3n) is 4.56. The summed E-state index contributed by atoms with van der Waals surface area (Å²) in [6.07, 6.45) is 2.25. The van der Waals surface area contributed by atoms with Crippen LogP contribution in [0.3, 0.4) is 0 Å². The zero-order valence-electron chi connectivity index (χ0n) is 16.0. The minimum atomic E-state index is -0.445. The number of ether oxygens (including phenoxy) is 3. The molecule has 0 saturated carbocycles. The van der Waals surface area contributed by atoms with E-state index in [0.29, 0.717) is 41.1 Å². The summed E-state index contributed by atoms with van der Waals surface area (Å²) in [5.74, 6) is 0.815. The molecule has 1 atom stereocenters. The largest absolute Gasteiger partial charge is 0.497 e. The summed E-state index contributed by atoms with van der Waals surface area (Å²) in [4.78, 5) is 28.9. The maximum Gasteiger partial charge on any atom is 0.253 e. The molecule has 2 aromatic rings. The maximum atomic E-state index is 12.4. The molecule has 0 spiro atoms. The average Bonchev–Trinajstić information content (AvgIpc) is 2.73. The van der Waals surface area contributed by atoms with Crippen LogP contribution in [0.5, 0.6) is 17.2 Å². The fourth-order valence-electron chi connectivity index (χ4n) is 3.07. The van der Waals surface area contributed by atoms with E-state index in [1.807, 2.05) is 6.08 Å². The normalized spacial score (nSPS) is 15.0. The predicted octanol–water partition coefficient (Wildman–Crippen LogP) is 1.09. The smallest absolute Gasteiger partial charge is 0.253 e. The molecule has 1 N–H and O–H groups in total. The average molecular weight is 382 g/mol. The highest BCUT2D eigenvalue weighted by Crippen LogP contribution is 2.15. The van der Waals surface area contributed by atoms with Crippen LogP contribution in [0.25, 0.3) is 6.08 Å². The lowest BCUT2D eigenvalue weighted by atomic mass is 9.99. The van der Waals surface area contributed by atoms with Crippen LogP contribution in [0.2, 0.25) is 0 Å². The Kier molecular flexibility index (Phi) is 5.93. The molecule has 1 aliphatic rings. The molecule has 0 aromatic heterocycles. The molecule has 7 heteroatoms. The lowest BCUT2D eigenvalue weighted by Gasteiger charge is -2.15. The van der Waals surface area contributed by atoms with E-state index in [1.54, 1.807) is 50.6 Å². The van der Waals surface area contributed by atoms with Crippen LogP contribution in [0, 0.1) is 5.92 Å². The van der Waals surface area contributed by atoms with Gasteiger partial charge >= 0.3 is 0 Å². The Balaban J connectivity index is 1.73. The van der Waals surface area contributed by atoms with Gasteiger partial charge in [-0.15, -0.1) is 0 Å². The molecule has 146 valence electrons. The van der Waals surface area contributed by atoms with Crippen LogP contribution in [0.15, 0.2) is 41.4 Å². The van der Waals surface area contributed by atoms with E-state index in [4.69, 9.17) is 14.2 Å². The van der Waals surface area contributed by atoms with Crippen molar-refractivity contribution in [2.24, 2.45) is 10.9 Å². The number of rotatable bonds is 7. The third-order valence-corrected chi connectivity index (χ3v) is 4.56. The summed E-state index contributed by atoms with van der Waals surface area (Å²) >= 11 is 0. The predicted molar refractivity (Wildman–Crippen MR) is 103 cm³/mol. The molecule has 0 saturated heterocycles. The highest BCUT2D eigenvalue weighted by Gasteiger charge is 2.21. The van der Waals surface area contributed by atoms with Gasteiger partial charge in [0.1, 0.15) is 22.6 Å². The Morgan fingerprint density at radius 3 is 2.54 bits per heavy atom. The van der Waals surface area contributed by atoms with Crippen molar-refractivity contribution >= 4 is 17.9 Å². The van der Waals surface area contributed by atoms with Gasteiger partial charge in [-0.2, -0.15) is 0 Å². The van der Waals surface area contributed by atoms with Crippen LogP contribution in [-0.4, -0.2) is 39.7 Å². The molecule has 7 nitrogen and oxygen atoms in total. The number of nitrogens with one attached hydrogen (secondary N) is 1. The highest BCUT2D eigenvalue weighted by molar-refractivity contribution is 5.94. The lowest BCUT2D eigenvalue weighted by Crippen LogP contribution is -2.37. The van der Waals surface area contributed by atoms with Crippen molar-refractivity contribution in [3.05, 3.63) is 52.5 Å². The van der Waals surface area contributed by atoms with Gasteiger partial charge in [0.25, 0.3) is 11.8 Å². The summed E-state index contributed by atoms with van der Waals surface area (Å²) in [6.45, 7) is 0.333. The first-order chi connectivity index (χ1) is 13.6. The summed E-state index contributed by atoms with van der Waals surface area (Å²) in [6, 6.07) is 10.4. The van der Waals surface area contributed by atoms with Crippen LogP contribution in [-0.2, 0) is 4.79 Å². The molecule has 0 aliphatic carbocycles. The molecule has 3 rings (SSSR count). The fraction of sp³-hybridized carbons (Fsp3) is 0.286. The van der Waals surface area contributed by atoms with Crippen LogP contribution in [0.1, 0.15) is 16.8 Å². The molecule has 2 aromatic carbocycles. The van der Waals surface area contributed by atoms with Gasteiger partial charge in [-0.25, -0.2) is 4.99 Å². The fourth-order valence-corrected chi connectivity index (χ4v) is 3.07. The van der Waals surface area contributed by atoms with Gasteiger partial charge in [0.2, 0.25) is 0 Å². The Labute approximate surface area is 162 Å². The summed E-state index contributed by atoms with van der Waals surface area (Å²) in [5, 5.41) is 4.03. The van der Waals surface area contributed by atoms with E-state index in [9.17, 15) is 9.59 Å². The number of methoxy groups -OCH3 is 3. The van der Waals surface area contributed by atoms with E-state index in [1.165, 1.54) is 7.11 Å². The number of carbonyl (C=O) groups excluding carboxylic acids is 2. The van der Waals surface area contributed by atoms with Gasteiger partial charge in [-0.1, -0.05) is 12.1 Å². The van der Waals surface area contributed by atoms with Gasteiger partial charge in [-0.05, 0) is 36.8 Å². The molecule has 1 aliphatic heterocycles. The van der Waals surface area contributed by atoms with Crippen molar-refractivity contribution in [3.63, 3.8) is 0 Å². The Morgan fingerprint density at radius 2 is 1.82 bits per heavy atom. The molecular weight excluding hydrogens is 360 g/mol. The molecule has 28 heavy (non-hydrogen) atoms. The number of nitrogens with zero attached hydrogens (tertiary/aromatic N) is 1. The van der Waals surface area contributed by atoms with Crippen molar-refractivity contribution in [1.82, 2.24) is 5.32 Å². The molecule has 2 amide bonds. The second-order valence-corrected chi connectivity index (χ2v) is 6.23. The lowest BCUT2D eigenvalue weighted by molar-refractivity contribution is -0.120. The van der Waals surface area contributed by atoms with Crippen molar-refractivity contribution in [2.45, 2.75) is 6.42 Å². The number of fused-ring (bicyclic) bond motifs is 1. The van der Waals surface area contributed by atoms with E-state index in [2.05, 4.69) is 10.3 Å². The monoisotopic (exact) mass is 382 g/mol. The van der Waals surface area contributed by atoms with Crippen molar-refractivity contribution in [3.8, 4) is 17.2 Å². The first-order valence-electron chi connectivity index (χ1n) is 8.85. The van der Waals surface area contributed by atoms with E-state index in [-0.39, 0.29) is 11.8 Å². The third kappa shape index (κ3) is 3.98. The van der Waals surface area contributed by atoms with Gasteiger partial charge < -0.3 is 19.5 Å². The Bertz CT molecular complexity index is 1020. The maximum absolute atomic E-state index is 12.4. The SMILES string of the molecule is COc1cccc(C(=O)NCCC2C=c3c(OC)ccc(OC)c3=NC2=O)c1. The quantitative estimate of drug-likeness (QED) is 0.775. The molecular formula is C21H22N2O5. The molecule has 0 radical (unpaired) electrons. The standard InChI is InChI=1S/C21H22N2O5/c1-26-15-6-4-5-13(11-15)20(24)22-10-9-14-12-16-17(27-2)7-8-18(28-3)19(16)23-21(14)25/h4-8,11-12,14H,9-10H2,1-3H3,(H,22,24). The van der Waals surface area contributed by atoms with Gasteiger partial charge in [0.15, 0.2) is 0 Å². The second-order valence-electron chi connectivity index (χ2n) is 6.23. The molecule has 0 bridgehead atoms. The van der Waals surface area contributed by atoms with Crippen molar-refractivity contribution in [1.29, 1.82) is 0 Å². The number of carbonyl (C=O) groups is 2. The molecule has 1 heterocycles. The minimum absolute atomic E-state index is 0.223. The zero-order chi connectivity index (χ0) is 20.1. The number of benzene rings is 2. The van der Waals surface area contributed by atoms with Gasteiger partial charge in [0.05, 0.1) is 27.2 Å². The first-order valence-corrected chi connectivity index (χ1v) is 8.85. The zero-order valence-corrected chi connectivity index (χ0v) is 16.0. The summed E-state index contributed by atoms with van der Waals surface area (Å²) in [7, 11) is 4.64. The van der Waals surface area contributed by atoms with Crippen LogP contribution < -0.4 is 30.1 Å². The first kappa shape index (κ1) is 19.4. The minimum Gasteiger partial charge on any atom is -0.497 e. The Hall–Kier alpha value is -3.35. The topological polar surface area (TPSA) is 86.2 Å². The van der Waals surface area contributed by atoms with E-state index in [0.717, 1.165) is 5.22 Å². The van der Waals surface area contributed by atoms with Crippen molar-refractivity contribution in [2.75, 3.05) is 27.9 Å². The summed E-state index contributed by atoms with van der Waals surface area (Å²) in [5.41, 5.74) is 0.500. The summed E-state index contributed by atoms with van der Waals surface area (Å²) < 4.78 is 15.8. The second kappa shape index (κ2) is 8.56. The molecule has 1 unspecified atom stereocenters. The van der Waals surface area contributed by atoms with Crippen molar-refractivity contribution < 1.29 is 23.8 Å². The molecule has 0 fully saturated rings. The Morgan fingerprint density at radius 1 is 1.07 bits per heavy atom. The number of hydrogen-bond donors (Lipinski definition) is 1. The van der Waals surface area contributed by atoms with Crippen LogP contribution >= 0.6 is 0 Å². The van der Waals surface area contributed by atoms with E-state index < -0.39 is 5.92 Å². The number of amides is 2. The van der Waals surface area contributed by atoms with Crippen LogP contribution in [0.4, 0.5) is 0 Å². The highest BCUT2D eigenvalue weighted by atomic mass is 16.5. The van der Waals surface area contributed by atoms with E-state index >= 15 is 0 Å². The van der Waals surface area contributed by atoms with Gasteiger partial charge in [-0.3, -0.25) is 9.59 Å². The number of hydrogen-bond acceptors (Lipinski definition) is 5.